The minimum atomic E-state index is 0.486. The van der Waals surface area contributed by atoms with Gasteiger partial charge in [0.2, 0.25) is 0 Å². The van der Waals surface area contributed by atoms with Crippen LogP contribution in [0.3, 0.4) is 0 Å². The molecule has 0 unspecified atom stereocenters. The lowest BCUT2D eigenvalue weighted by Crippen LogP contribution is -2.97. The van der Waals surface area contributed by atoms with Crippen LogP contribution in [-0.2, 0) is 6.54 Å². The van der Waals surface area contributed by atoms with Crippen molar-refractivity contribution >= 4 is 23.2 Å². The molecule has 2 N–H and O–H groups in total. The third-order valence-electron chi connectivity index (χ3n) is 6.68. The van der Waals surface area contributed by atoms with Crippen LogP contribution in [0.15, 0.2) is 34.7 Å². The van der Waals surface area contributed by atoms with Gasteiger partial charge in [0.1, 0.15) is 12.3 Å². The second-order valence-electron chi connectivity index (χ2n) is 8.58. The van der Waals surface area contributed by atoms with E-state index in [0.29, 0.717) is 15.6 Å². The summed E-state index contributed by atoms with van der Waals surface area (Å²) < 4.78 is 6.10. The summed E-state index contributed by atoms with van der Waals surface area (Å²) >= 11 is 12.3. The molecule has 1 aromatic carbocycles. The first kappa shape index (κ1) is 16.2. The zero-order valence-corrected chi connectivity index (χ0v) is 15.8. The number of rotatable bonds is 4. The third-order valence-corrected chi connectivity index (χ3v) is 7.23. The molecule has 25 heavy (non-hydrogen) atoms. The van der Waals surface area contributed by atoms with E-state index in [1.54, 1.807) is 6.07 Å². The molecule has 6 rings (SSSR count). The predicted molar refractivity (Wildman–Crippen MR) is 101 cm³/mol. The fourth-order valence-electron chi connectivity index (χ4n) is 6.07. The Kier molecular flexibility index (Phi) is 3.92. The Morgan fingerprint density at radius 3 is 2.28 bits per heavy atom. The second-order valence-corrected chi connectivity index (χ2v) is 9.42. The average Bonchev–Trinajstić information content (AvgIpc) is 3.00. The highest BCUT2D eigenvalue weighted by Crippen LogP contribution is 2.54. The van der Waals surface area contributed by atoms with E-state index < -0.39 is 0 Å². The van der Waals surface area contributed by atoms with E-state index >= 15 is 0 Å². The summed E-state index contributed by atoms with van der Waals surface area (Å²) in [7, 11) is 0. The van der Waals surface area contributed by atoms with Crippen LogP contribution < -0.4 is 5.32 Å². The van der Waals surface area contributed by atoms with Crippen LogP contribution in [0.1, 0.15) is 44.3 Å². The molecule has 1 heterocycles. The molecule has 4 aliphatic rings. The smallest absolute Gasteiger partial charge is 0.158 e. The van der Waals surface area contributed by atoms with Gasteiger partial charge in [-0.05, 0) is 67.3 Å². The van der Waals surface area contributed by atoms with Crippen LogP contribution in [0.25, 0.3) is 11.3 Å². The zero-order chi connectivity index (χ0) is 17.0. The van der Waals surface area contributed by atoms with Crippen LogP contribution in [0.4, 0.5) is 0 Å². The Hall–Kier alpha value is -0.960. The van der Waals surface area contributed by atoms with Gasteiger partial charge in [0.05, 0.1) is 10.6 Å². The molecule has 0 radical (unpaired) electrons. The van der Waals surface area contributed by atoms with E-state index in [1.165, 1.54) is 38.5 Å². The Balaban J connectivity index is 1.30. The van der Waals surface area contributed by atoms with Gasteiger partial charge >= 0.3 is 0 Å². The van der Waals surface area contributed by atoms with Gasteiger partial charge in [-0.15, -0.1) is 0 Å². The van der Waals surface area contributed by atoms with Crippen LogP contribution in [0.5, 0.6) is 0 Å². The Morgan fingerprint density at radius 1 is 0.960 bits per heavy atom. The zero-order valence-electron chi connectivity index (χ0n) is 14.3. The number of hydrogen-bond donors (Lipinski definition) is 1. The highest BCUT2D eigenvalue weighted by atomic mass is 35.5. The van der Waals surface area contributed by atoms with Crippen LogP contribution >= 0.6 is 23.2 Å². The van der Waals surface area contributed by atoms with Crippen molar-refractivity contribution in [3.8, 4) is 11.3 Å². The molecule has 4 saturated carbocycles. The maximum atomic E-state index is 6.31. The van der Waals surface area contributed by atoms with Crippen LogP contribution in [-0.4, -0.2) is 5.54 Å². The molecule has 0 amide bonds. The van der Waals surface area contributed by atoms with Crippen molar-refractivity contribution in [1.29, 1.82) is 0 Å². The van der Waals surface area contributed by atoms with Crippen molar-refractivity contribution in [2.24, 2.45) is 17.8 Å². The summed E-state index contributed by atoms with van der Waals surface area (Å²) in [6.45, 7) is 0.928. The lowest BCUT2D eigenvalue weighted by atomic mass is 9.53. The minimum absolute atomic E-state index is 0.486. The molecule has 1 aromatic heterocycles. The van der Waals surface area contributed by atoms with Crippen molar-refractivity contribution in [3.05, 3.63) is 46.1 Å². The van der Waals surface area contributed by atoms with E-state index in [4.69, 9.17) is 27.6 Å². The number of quaternary nitrogens is 1. The maximum absolute atomic E-state index is 6.31. The van der Waals surface area contributed by atoms with Gasteiger partial charge in [0.15, 0.2) is 5.76 Å². The third kappa shape index (κ3) is 3.03. The standard InChI is InChI=1S/C21H23Cl2NO/c22-16-1-3-18(19(23)8-16)20-4-2-17(25-20)12-24-21-9-13-5-14(10-21)7-15(6-13)11-21/h1-4,8,13-15,24H,5-7,9-12H2/p+1. The first-order chi connectivity index (χ1) is 12.1. The Bertz CT molecular complexity index is 762. The molecule has 4 aliphatic carbocycles. The fourth-order valence-corrected chi connectivity index (χ4v) is 6.57. The van der Waals surface area contributed by atoms with Gasteiger partial charge in [0.25, 0.3) is 0 Å². The van der Waals surface area contributed by atoms with Crippen molar-refractivity contribution in [2.45, 2.75) is 50.6 Å². The van der Waals surface area contributed by atoms with Gasteiger partial charge in [-0.1, -0.05) is 23.2 Å². The summed E-state index contributed by atoms with van der Waals surface area (Å²) in [5, 5.41) is 3.87. The summed E-state index contributed by atoms with van der Waals surface area (Å²) in [6.07, 6.45) is 8.72. The number of nitrogens with two attached hydrogens (primary N) is 1. The van der Waals surface area contributed by atoms with Crippen molar-refractivity contribution < 1.29 is 9.73 Å². The van der Waals surface area contributed by atoms with Gasteiger partial charge < -0.3 is 9.73 Å². The Morgan fingerprint density at radius 2 is 1.64 bits per heavy atom. The normalized spacial score (nSPS) is 33.1. The summed E-state index contributed by atoms with van der Waals surface area (Å²) in [6, 6.07) is 9.67. The molecule has 132 valence electrons. The number of hydrogen-bond acceptors (Lipinski definition) is 1. The van der Waals surface area contributed by atoms with Crippen molar-refractivity contribution in [2.75, 3.05) is 0 Å². The largest absolute Gasteiger partial charge is 0.455 e. The average molecular weight is 377 g/mol. The highest BCUT2D eigenvalue weighted by Gasteiger charge is 2.53. The molecule has 0 spiro atoms. The van der Waals surface area contributed by atoms with Gasteiger partial charge in [0, 0.05) is 29.8 Å². The van der Waals surface area contributed by atoms with Gasteiger partial charge in [-0.2, -0.15) is 0 Å². The molecular weight excluding hydrogens is 353 g/mol. The first-order valence-electron chi connectivity index (χ1n) is 9.47. The van der Waals surface area contributed by atoms with E-state index in [2.05, 4.69) is 11.4 Å². The summed E-state index contributed by atoms with van der Waals surface area (Å²) in [4.78, 5) is 0. The van der Waals surface area contributed by atoms with Crippen LogP contribution in [0.2, 0.25) is 10.0 Å². The van der Waals surface area contributed by atoms with E-state index in [9.17, 15) is 0 Å². The highest BCUT2D eigenvalue weighted by molar-refractivity contribution is 6.36. The lowest BCUT2D eigenvalue weighted by molar-refractivity contribution is -0.754. The number of halogens is 2. The maximum Gasteiger partial charge on any atom is 0.158 e. The quantitative estimate of drug-likeness (QED) is 0.771. The molecule has 0 aliphatic heterocycles. The van der Waals surface area contributed by atoms with E-state index in [1.807, 2.05) is 18.2 Å². The van der Waals surface area contributed by atoms with E-state index in [-0.39, 0.29) is 0 Å². The van der Waals surface area contributed by atoms with Crippen molar-refractivity contribution in [1.82, 2.24) is 0 Å². The molecule has 0 atom stereocenters. The lowest BCUT2D eigenvalue weighted by Gasteiger charge is -2.54. The number of benzene rings is 1. The molecule has 0 saturated heterocycles. The number of furan rings is 1. The molecule has 4 fully saturated rings. The molecule has 2 aromatic rings. The van der Waals surface area contributed by atoms with E-state index in [0.717, 1.165) is 41.4 Å². The SMILES string of the molecule is Clc1ccc(-c2ccc(C[NH2+]C34CC5CC(CC(C5)C3)C4)o2)c(Cl)c1. The predicted octanol–water partition coefficient (Wildman–Crippen LogP) is 5.29. The topological polar surface area (TPSA) is 29.8 Å². The minimum Gasteiger partial charge on any atom is -0.455 e. The van der Waals surface area contributed by atoms with Gasteiger partial charge in [-0.25, -0.2) is 0 Å². The summed E-state index contributed by atoms with van der Waals surface area (Å²) in [5.41, 5.74) is 1.40. The summed E-state index contributed by atoms with van der Waals surface area (Å²) in [5.74, 6) is 4.83. The second kappa shape index (κ2) is 6.04. The monoisotopic (exact) mass is 376 g/mol. The molecule has 4 bridgehead atoms. The Labute approximate surface area is 158 Å². The molecule has 2 nitrogen and oxygen atoms in total. The van der Waals surface area contributed by atoms with Gasteiger partial charge in [-0.3, -0.25) is 0 Å². The fraction of sp³-hybridized carbons (Fsp3) is 0.524. The first-order valence-corrected chi connectivity index (χ1v) is 10.2. The van der Waals surface area contributed by atoms with Crippen LogP contribution in [0, 0.1) is 17.8 Å². The molecular formula is C21H24Cl2NO+. The molecule has 4 heteroatoms. The van der Waals surface area contributed by atoms with Crippen molar-refractivity contribution in [3.63, 3.8) is 0 Å².